The van der Waals surface area contributed by atoms with Gasteiger partial charge < -0.3 is 0 Å². The maximum Gasteiger partial charge on any atom is 0.246 e. The summed E-state index contributed by atoms with van der Waals surface area (Å²) in [5.74, 6) is 0. The lowest BCUT2D eigenvalue weighted by Crippen LogP contribution is -2.02. The molecule has 0 aromatic carbocycles. The molecule has 25 heavy (non-hydrogen) atoms. The Labute approximate surface area is 149 Å². The van der Waals surface area contributed by atoms with Gasteiger partial charge in [-0.3, -0.25) is 25.0 Å². The molecule has 141 valence electrons. The molecule has 1 radical (unpaired) electrons. The number of rotatable bonds is 16. The molecule has 0 fully saturated rings. The van der Waals surface area contributed by atoms with E-state index in [0.717, 1.165) is 51.4 Å². The van der Waals surface area contributed by atoms with Gasteiger partial charge >= 0.3 is 0 Å². The van der Waals surface area contributed by atoms with Gasteiger partial charge in [0.05, 0.1) is 16.3 Å². The first-order chi connectivity index (χ1) is 12.0. The van der Waals surface area contributed by atoms with Gasteiger partial charge in [0.2, 0.25) is 11.4 Å². The molecule has 0 rings (SSSR count). The van der Waals surface area contributed by atoms with Crippen molar-refractivity contribution in [3.63, 3.8) is 0 Å². The molecule has 0 bridgehead atoms. The van der Waals surface area contributed by atoms with E-state index >= 15 is 0 Å². The Bertz CT molecular complexity index is 472. The summed E-state index contributed by atoms with van der Waals surface area (Å²) in [6, 6.07) is 0. The second kappa shape index (κ2) is 15.5. The molecule has 0 N–H and O–H groups in total. The fraction of sp³-hybridized carbons (Fsp3) is 0.722. The summed E-state index contributed by atoms with van der Waals surface area (Å²) in [5, 5.41) is 22.1. The fourth-order valence-corrected chi connectivity index (χ4v) is 2.42. The van der Waals surface area contributed by atoms with Crippen molar-refractivity contribution in [2.75, 3.05) is 0 Å². The van der Waals surface area contributed by atoms with Gasteiger partial charge in [0.15, 0.2) is 6.29 Å². The number of unbranched alkanes of at least 4 members (excludes halogenated alkanes) is 8. The number of allylic oxidation sites excluding steroid dienone is 3. The van der Waals surface area contributed by atoms with Gasteiger partial charge in [0.1, 0.15) is 0 Å². The molecule has 0 aliphatic rings. The van der Waals surface area contributed by atoms with Crippen LogP contribution < -0.4 is 0 Å². The molecule has 0 unspecified atom stereocenters. The number of nitrogens with zero attached hydrogens (tertiary/aromatic N) is 2. The van der Waals surface area contributed by atoms with Crippen LogP contribution in [0.1, 0.15) is 84.0 Å². The van der Waals surface area contributed by atoms with Crippen LogP contribution in [0.15, 0.2) is 23.5 Å². The molecule has 0 spiro atoms. The molecule has 0 saturated carbocycles. The van der Waals surface area contributed by atoms with E-state index in [1.807, 2.05) is 13.2 Å². The van der Waals surface area contributed by atoms with Crippen molar-refractivity contribution in [2.45, 2.75) is 84.0 Å². The highest BCUT2D eigenvalue weighted by atomic mass is 16.6. The maximum atomic E-state index is 11.1. The SMILES string of the molecule is CCCCC/C(=C\C/C(=C\CCCCCCC[C]=O)[N+](=O)[O-])[N+](=O)[O-]. The number of hydrogen-bond donors (Lipinski definition) is 0. The zero-order valence-corrected chi connectivity index (χ0v) is 15.1. The van der Waals surface area contributed by atoms with Crippen molar-refractivity contribution in [3.8, 4) is 0 Å². The lowest BCUT2D eigenvalue weighted by Gasteiger charge is -2.00. The van der Waals surface area contributed by atoms with Crippen LogP contribution >= 0.6 is 0 Å². The van der Waals surface area contributed by atoms with E-state index in [9.17, 15) is 25.0 Å². The van der Waals surface area contributed by atoms with Gasteiger partial charge in [0.25, 0.3) is 0 Å². The molecular weight excluding hydrogens is 324 g/mol. The zero-order chi connectivity index (χ0) is 18.9. The van der Waals surface area contributed by atoms with Crippen LogP contribution in [0.3, 0.4) is 0 Å². The number of nitro groups is 2. The van der Waals surface area contributed by atoms with Crippen molar-refractivity contribution < 1.29 is 14.6 Å². The van der Waals surface area contributed by atoms with E-state index in [0.29, 0.717) is 19.3 Å². The van der Waals surface area contributed by atoms with Gasteiger partial charge in [-0.15, -0.1) is 0 Å². The van der Waals surface area contributed by atoms with Crippen LogP contribution in [0.2, 0.25) is 0 Å². The maximum absolute atomic E-state index is 11.1. The predicted molar refractivity (Wildman–Crippen MR) is 96.9 cm³/mol. The highest BCUT2D eigenvalue weighted by Crippen LogP contribution is 2.15. The Hall–Kier alpha value is -2.05. The summed E-state index contributed by atoms with van der Waals surface area (Å²) in [5.41, 5.74) is 0.0820. The molecule has 0 amide bonds. The van der Waals surface area contributed by atoms with E-state index in [1.165, 1.54) is 6.08 Å². The Morgan fingerprint density at radius 1 is 0.880 bits per heavy atom. The van der Waals surface area contributed by atoms with Crippen LogP contribution in [0.25, 0.3) is 0 Å². The lowest BCUT2D eigenvalue weighted by atomic mass is 10.1. The van der Waals surface area contributed by atoms with Crippen LogP contribution in [0, 0.1) is 20.2 Å². The summed E-state index contributed by atoms with van der Waals surface area (Å²) in [6.45, 7) is 2.02. The second-order valence-corrected chi connectivity index (χ2v) is 6.02. The second-order valence-electron chi connectivity index (χ2n) is 6.02. The van der Waals surface area contributed by atoms with E-state index in [1.54, 1.807) is 6.08 Å². The molecule has 0 aromatic heterocycles. The topological polar surface area (TPSA) is 103 Å². The van der Waals surface area contributed by atoms with Crippen LogP contribution in [-0.2, 0) is 4.79 Å². The molecule has 0 heterocycles. The lowest BCUT2D eigenvalue weighted by molar-refractivity contribution is -0.432. The minimum Gasteiger partial charge on any atom is -0.291 e. The van der Waals surface area contributed by atoms with Crippen LogP contribution in [0.5, 0.6) is 0 Å². The summed E-state index contributed by atoms with van der Waals surface area (Å²) in [6.07, 6.45) is 13.4. The highest BCUT2D eigenvalue weighted by molar-refractivity contribution is 5.50. The molecule has 0 saturated heterocycles. The average Bonchev–Trinajstić information content (AvgIpc) is 2.57. The molecule has 0 aliphatic heterocycles. The van der Waals surface area contributed by atoms with Gasteiger partial charge in [-0.2, -0.15) is 0 Å². The summed E-state index contributed by atoms with van der Waals surface area (Å²) >= 11 is 0. The molecule has 7 heteroatoms. The van der Waals surface area contributed by atoms with Gasteiger partial charge in [0, 0.05) is 12.8 Å². The quantitative estimate of drug-likeness (QED) is 0.218. The molecule has 0 aromatic rings. The van der Waals surface area contributed by atoms with Crippen molar-refractivity contribution >= 4 is 6.29 Å². The molecule has 7 nitrogen and oxygen atoms in total. The third-order valence-corrected chi connectivity index (χ3v) is 3.92. The summed E-state index contributed by atoms with van der Waals surface area (Å²) < 4.78 is 0. The van der Waals surface area contributed by atoms with Gasteiger partial charge in [-0.05, 0) is 37.8 Å². The van der Waals surface area contributed by atoms with E-state index in [4.69, 9.17) is 0 Å². The summed E-state index contributed by atoms with van der Waals surface area (Å²) in [7, 11) is 0. The minimum absolute atomic E-state index is 0.00932. The Morgan fingerprint density at radius 3 is 2.12 bits per heavy atom. The van der Waals surface area contributed by atoms with Crippen LogP contribution in [-0.4, -0.2) is 16.1 Å². The van der Waals surface area contributed by atoms with Gasteiger partial charge in [-0.1, -0.05) is 39.0 Å². The standard InChI is InChI=1S/C18H29N2O5/c1-2-3-9-12-17(19(22)23)14-15-18(20(24)25)13-10-7-5-4-6-8-11-16-21/h13-14H,2-12,15H2,1H3/b17-14+,18-13+. The first kappa shape index (κ1) is 22.9. The van der Waals surface area contributed by atoms with Crippen molar-refractivity contribution in [1.29, 1.82) is 0 Å². The third-order valence-electron chi connectivity index (χ3n) is 3.92. The zero-order valence-electron chi connectivity index (χ0n) is 15.1. The Morgan fingerprint density at radius 2 is 1.52 bits per heavy atom. The number of hydrogen-bond acceptors (Lipinski definition) is 5. The Balaban J connectivity index is 4.37. The van der Waals surface area contributed by atoms with Crippen molar-refractivity contribution in [3.05, 3.63) is 43.8 Å². The minimum atomic E-state index is -0.458. The first-order valence-electron chi connectivity index (χ1n) is 9.04. The molecule has 0 aliphatic carbocycles. The smallest absolute Gasteiger partial charge is 0.246 e. The van der Waals surface area contributed by atoms with E-state index < -0.39 is 9.85 Å². The molecule has 0 atom stereocenters. The fourth-order valence-electron chi connectivity index (χ4n) is 2.42. The Kier molecular flexibility index (Phi) is 14.2. The van der Waals surface area contributed by atoms with E-state index in [-0.39, 0.29) is 17.8 Å². The largest absolute Gasteiger partial charge is 0.291 e. The van der Waals surface area contributed by atoms with Crippen LogP contribution in [0.4, 0.5) is 0 Å². The summed E-state index contributed by atoms with van der Waals surface area (Å²) in [4.78, 5) is 31.3. The third kappa shape index (κ3) is 13.0. The highest BCUT2D eigenvalue weighted by Gasteiger charge is 2.14. The first-order valence-corrected chi connectivity index (χ1v) is 9.04. The average molecular weight is 353 g/mol. The van der Waals surface area contributed by atoms with Gasteiger partial charge in [-0.25, -0.2) is 0 Å². The number of carbonyl (C=O) groups excluding carboxylic acids is 1. The van der Waals surface area contributed by atoms with E-state index in [2.05, 4.69) is 0 Å². The predicted octanol–water partition coefficient (Wildman–Crippen LogP) is 5.12. The monoisotopic (exact) mass is 353 g/mol. The van der Waals surface area contributed by atoms with Crippen molar-refractivity contribution in [1.82, 2.24) is 0 Å². The molecular formula is C18H29N2O5. The van der Waals surface area contributed by atoms with Crippen molar-refractivity contribution in [2.24, 2.45) is 0 Å². The normalized spacial score (nSPS) is 12.2.